The fourth-order valence-electron chi connectivity index (χ4n) is 2.31. The molecule has 108 valence electrons. The molecule has 3 heterocycles. The fourth-order valence-corrected chi connectivity index (χ4v) is 2.73. The molecule has 0 saturated carbocycles. The average molecular weight is 317 g/mol. The van der Waals surface area contributed by atoms with Crippen LogP contribution < -0.4 is 4.74 Å². The second-order valence-electron chi connectivity index (χ2n) is 4.47. The molecule has 1 aliphatic rings. The molecule has 3 rings (SSSR count). The topological polar surface area (TPSA) is 62.1 Å². The van der Waals surface area contributed by atoms with E-state index in [2.05, 4.69) is 15.0 Å². The molecular formula is C12H14Cl2N4O2. The highest BCUT2D eigenvalue weighted by atomic mass is 35.5. The van der Waals surface area contributed by atoms with Gasteiger partial charge in [0.2, 0.25) is 5.28 Å². The van der Waals surface area contributed by atoms with Crippen molar-refractivity contribution < 1.29 is 9.47 Å². The van der Waals surface area contributed by atoms with Crippen LogP contribution in [0.5, 0.6) is 6.01 Å². The summed E-state index contributed by atoms with van der Waals surface area (Å²) in [6.07, 6.45) is 2.87. The van der Waals surface area contributed by atoms with Crippen molar-refractivity contribution in [1.29, 1.82) is 0 Å². The number of ether oxygens (including phenoxy) is 2. The molecule has 2 aromatic rings. The van der Waals surface area contributed by atoms with E-state index in [9.17, 15) is 0 Å². The molecule has 1 fully saturated rings. The van der Waals surface area contributed by atoms with E-state index in [1.54, 1.807) is 0 Å². The number of hydrogen-bond acceptors (Lipinski definition) is 5. The van der Waals surface area contributed by atoms with Gasteiger partial charge in [0.15, 0.2) is 10.8 Å². The fraction of sp³-hybridized carbons (Fsp3) is 0.583. The van der Waals surface area contributed by atoms with Crippen LogP contribution in [-0.4, -0.2) is 32.7 Å². The van der Waals surface area contributed by atoms with E-state index in [-0.39, 0.29) is 16.7 Å². The minimum absolute atomic E-state index is 0.0857. The van der Waals surface area contributed by atoms with Crippen LogP contribution in [0, 0.1) is 0 Å². The first-order valence-electron chi connectivity index (χ1n) is 6.56. The van der Waals surface area contributed by atoms with Crippen LogP contribution in [0.15, 0.2) is 0 Å². The van der Waals surface area contributed by atoms with Crippen molar-refractivity contribution in [3.05, 3.63) is 10.4 Å². The summed E-state index contributed by atoms with van der Waals surface area (Å²) in [6, 6.07) is 0.438. The number of rotatable bonds is 3. The van der Waals surface area contributed by atoms with Crippen molar-refractivity contribution >= 4 is 34.4 Å². The van der Waals surface area contributed by atoms with Gasteiger partial charge in [0.1, 0.15) is 11.7 Å². The minimum atomic E-state index is -0.155. The highest BCUT2D eigenvalue weighted by Crippen LogP contribution is 2.33. The Hall–Kier alpha value is -1.11. The molecule has 6 nitrogen and oxygen atoms in total. The number of halogens is 2. The minimum Gasteiger partial charge on any atom is -0.465 e. The standard InChI is InChI=1S/C12H14Cl2N4O2/c1-2-19-12-15-8-9(13)16-11(14)17-10(8)18(12)7-5-3-4-6-20-7/h7H,2-6H2,1H3. The maximum absolute atomic E-state index is 6.08. The van der Waals surface area contributed by atoms with Gasteiger partial charge in [0.05, 0.1) is 6.61 Å². The van der Waals surface area contributed by atoms with Gasteiger partial charge in [0.25, 0.3) is 0 Å². The second kappa shape index (κ2) is 5.71. The molecule has 0 N–H and O–H groups in total. The molecule has 0 radical (unpaired) electrons. The molecule has 1 atom stereocenters. The van der Waals surface area contributed by atoms with Crippen LogP contribution in [0.1, 0.15) is 32.4 Å². The van der Waals surface area contributed by atoms with E-state index in [1.807, 2.05) is 11.5 Å². The van der Waals surface area contributed by atoms with Crippen molar-refractivity contribution in [2.45, 2.75) is 32.4 Å². The Balaban J connectivity index is 2.17. The monoisotopic (exact) mass is 316 g/mol. The first kappa shape index (κ1) is 13.9. The SMILES string of the molecule is CCOc1nc2c(Cl)nc(Cl)nc2n1C1CCCCO1. The summed E-state index contributed by atoms with van der Waals surface area (Å²) in [5, 5.41) is 0.304. The summed E-state index contributed by atoms with van der Waals surface area (Å²) in [5.74, 6) is 0. The Morgan fingerprint density at radius 1 is 1.30 bits per heavy atom. The third-order valence-corrected chi connectivity index (χ3v) is 3.59. The lowest BCUT2D eigenvalue weighted by molar-refractivity contribution is -0.0340. The first-order chi connectivity index (χ1) is 9.70. The highest BCUT2D eigenvalue weighted by Gasteiger charge is 2.25. The molecule has 0 bridgehead atoms. The summed E-state index contributed by atoms with van der Waals surface area (Å²) >= 11 is 12.0. The molecule has 1 aliphatic heterocycles. The largest absolute Gasteiger partial charge is 0.465 e. The van der Waals surface area contributed by atoms with Crippen molar-refractivity contribution in [2.24, 2.45) is 0 Å². The van der Waals surface area contributed by atoms with E-state index in [0.29, 0.717) is 30.4 Å². The summed E-state index contributed by atoms with van der Waals surface area (Å²) in [4.78, 5) is 12.5. The number of aromatic nitrogens is 4. The van der Waals surface area contributed by atoms with Gasteiger partial charge in [-0.05, 0) is 37.8 Å². The maximum Gasteiger partial charge on any atom is 0.300 e. The predicted molar refractivity (Wildman–Crippen MR) is 75.4 cm³/mol. The lowest BCUT2D eigenvalue weighted by atomic mass is 10.2. The van der Waals surface area contributed by atoms with Gasteiger partial charge in [0, 0.05) is 6.61 Å². The second-order valence-corrected chi connectivity index (χ2v) is 5.17. The van der Waals surface area contributed by atoms with Crippen LogP contribution in [0.3, 0.4) is 0 Å². The van der Waals surface area contributed by atoms with Crippen LogP contribution in [0.2, 0.25) is 10.4 Å². The van der Waals surface area contributed by atoms with Crippen molar-refractivity contribution in [2.75, 3.05) is 13.2 Å². The Bertz CT molecular complexity index is 625. The van der Waals surface area contributed by atoms with Gasteiger partial charge in [-0.25, -0.2) is 4.98 Å². The summed E-state index contributed by atoms with van der Waals surface area (Å²) < 4.78 is 13.2. The molecular weight excluding hydrogens is 303 g/mol. The summed E-state index contributed by atoms with van der Waals surface area (Å²) in [7, 11) is 0. The van der Waals surface area contributed by atoms with E-state index in [0.717, 1.165) is 19.3 Å². The molecule has 1 saturated heterocycles. The van der Waals surface area contributed by atoms with Crippen LogP contribution in [0.4, 0.5) is 0 Å². The molecule has 0 spiro atoms. The van der Waals surface area contributed by atoms with E-state index in [4.69, 9.17) is 32.7 Å². The normalized spacial score (nSPS) is 19.4. The summed E-state index contributed by atoms with van der Waals surface area (Å²) in [5.41, 5.74) is 1.03. The van der Waals surface area contributed by atoms with Gasteiger partial charge >= 0.3 is 6.01 Å². The maximum atomic E-state index is 6.08. The Morgan fingerprint density at radius 3 is 2.85 bits per heavy atom. The average Bonchev–Trinajstić information content (AvgIpc) is 2.79. The quantitative estimate of drug-likeness (QED) is 0.642. The molecule has 2 aromatic heterocycles. The van der Waals surface area contributed by atoms with Crippen molar-refractivity contribution in [3.8, 4) is 6.01 Å². The lowest BCUT2D eigenvalue weighted by Gasteiger charge is -2.24. The van der Waals surface area contributed by atoms with Gasteiger partial charge in [-0.3, -0.25) is 4.57 Å². The number of fused-ring (bicyclic) bond motifs is 1. The third-order valence-electron chi connectivity index (χ3n) is 3.15. The smallest absolute Gasteiger partial charge is 0.300 e. The van der Waals surface area contributed by atoms with Crippen molar-refractivity contribution in [1.82, 2.24) is 19.5 Å². The predicted octanol–water partition coefficient (Wildman–Crippen LogP) is 3.23. The Morgan fingerprint density at radius 2 is 2.15 bits per heavy atom. The molecule has 0 amide bonds. The zero-order chi connectivity index (χ0) is 14.1. The third kappa shape index (κ3) is 2.43. The summed E-state index contributed by atoms with van der Waals surface area (Å²) in [6.45, 7) is 3.10. The van der Waals surface area contributed by atoms with Crippen molar-refractivity contribution in [3.63, 3.8) is 0 Å². The zero-order valence-corrected chi connectivity index (χ0v) is 12.5. The van der Waals surface area contributed by atoms with E-state index >= 15 is 0 Å². The molecule has 8 heteroatoms. The molecule has 0 aromatic carbocycles. The van der Waals surface area contributed by atoms with Gasteiger partial charge in [-0.1, -0.05) is 11.6 Å². The van der Waals surface area contributed by atoms with Gasteiger partial charge < -0.3 is 9.47 Å². The number of nitrogens with zero attached hydrogens (tertiary/aromatic N) is 4. The van der Waals surface area contributed by atoms with Gasteiger partial charge in [-0.2, -0.15) is 9.97 Å². The van der Waals surface area contributed by atoms with Crippen LogP contribution >= 0.6 is 23.2 Å². The van der Waals surface area contributed by atoms with E-state index in [1.165, 1.54) is 0 Å². The van der Waals surface area contributed by atoms with E-state index < -0.39 is 0 Å². The van der Waals surface area contributed by atoms with Crippen LogP contribution in [-0.2, 0) is 4.74 Å². The molecule has 20 heavy (non-hydrogen) atoms. The van der Waals surface area contributed by atoms with Crippen LogP contribution in [0.25, 0.3) is 11.2 Å². The zero-order valence-electron chi connectivity index (χ0n) is 11.0. The number of hydrogen-bond donors (Lipinski definition) is 0. The Kier molecular flexibility index (Phi) is 3.96. The molecule has 1 unspecified atom stereocenters. The number of imidazole rings is 1. The highest BCUT2D eigenvalue weighted by molar-refractivity contribution is 6.35. The first-order valence-corrected chi connectivity index (χ1v) is 7.31. The van der Waals surface area contributed by atoms with Gasteiger partial charge in [-0.15, -0.1) is 0 Å². The lowest BCUT2D eigenvalue weighted by Crippen LogP contribution is -2.19. The molecule has 0 aliphatic carbocycles. The Labute approximate surface area is 126 Å².